The average Bonchev–Trinajstić information content (AvgIpc) is 2.66. The van der Waals surface area contributed by atoms with E-state index in [4.69, 9.17) is 5.26 Å². The van der Waals surface area contributed by atoms with Gasteiger partial charge in [0.1, 0.15) is 11.4 Å². The van der Waals surface area contributed by atoms with Crippen LogP contribution in [0, 0.1) is 11.3 Å². The molecule has 0 radical (unpaired) electrons. The molecule has 1 aromatic heterocycles. The second-order valence-electron chi connectivity index (χ2n) is 3.92. The number of nitrogens with zero attached hydrogens (tertiary/aromatic N) is 3. The van der Waals surface area contributed by atoms with Crippen LogP contribution in [0.25, 0.3) is 0 Å². The largest absolute Gasteiger partial charge is 0.332 e. The van der Waals surface area contributed by atoms with Crippen LogP contribution in [0.4, 0.5) is 0 Å². The van der Waals surface area contributed by atoms with Crippen molar-refractivity contribution in [1.29, 1.82) is 5.26 Å². The summed E-state index contributed by atoms with van der Waals surface area (Å²) >= 11 is 0. The number of likely N-dealkylation sites (N-methyl/N-ethyl adjacent to an activating group) is 1. The highest BCUT2D eigenvalue weighted by Crippen LogP contribution is 2.09. The number of nitriles is 1. The zero-order valence-electron chi connectivity index (χ0n) is 9.62. The smallest absolute Gasteiger partial charge is 0.121 e. The Kier molecular flexibility index (Phi) is 3.87. The van der Waals surface area contributed by atoms with Crippen LogP contribution < -0.4 is 5.32 Å². The fraction of sp³-hybridized carbons (Fsp3) is 0.636. The van der Waals surface area contributed by atoms with Crippen molar-refractivity contribution in [2.24, 2.45) is 0 Å². The second kappa shape index (κ2) is 4.94. The fourth-order valence-electron chi connectivity index (χ4n) is 1.45. The molecule has 0 aliphatic rings. The van der Waals surface area contributed by atoms with Gasteiger partial charge in [-0.1, -0.05) is 6.92 Å². The summed E-state index contributed by atoms with van der Waals surface area (Å²) in [5.74, 6) is 1.05. The normalized spacial score (nSPS) is 14.5. The predicted molar refractivity (Wildman–Crippen MR) is 59.3 cm³/mol. The van der Waals surface area contributed by atoms with Crippen LogP contribution in [-0.2, 0) is 13.0 Å². The molecule has 0 saturated heterocycles. The summed E-state index contributed by atoms with van der Waals surface area (Å²) in [4.78, 5) is 4.28. The molecule has 4 nitrogen and oxygen atoms in total. The lowest BCUT2D eigenvalue weighted by molar-refractivity contribution is 0.410. The van der Waals surface area contributed by atoms with Gasteiger partial charge in [0, 0.05) is 18.8 Å². The van der Waals surface area contributed by atoms with E-state index >= 15 is 0 Å². The molecule has 0 saturated carbocycles. The van der Waals surface area contributed by atoms with Crippen LogP contribution in [0.1, 0.15) is 26.1 Å². The van der Waals surface area contributed by atoms with Gasteiger partial charge >= 0.3 is 0 Å². The Balaban J connectivity index is 2.80. The van der Waals surface area contributed by atoms with Gasteiger partial charge in [-0.25, -0.2) is 4.98 Å². The highest BCUT2D eigenvalue weighted by Gasteiger charge is 2.22. The molecule has 0 aromatic carbocycles. The van der Waals surface area contributed by atoms with Crippen LogP contribution in [0.3, 0.4) is 0 Å². The summed E-state index contributed by atoms with van der Waals surface area (Å²) in [7, 11) is 1.81. The number of hydrogen-bond donors (Lipinski definition) is 1. The molecule has 0 spiro atoms. The molecule has 82 valence electrons. The number of aromatic nitrogens is 2. The quantitative estimate of drug-likeness (QED) is 0.791. The van der Waals surface area contributed by atoms with E-state index in [0.717, 1.165) is 18.7 Å². The SMILES string of the molecule is CCCc1nccn1CC(C)(C#N)NC. The molecule has 0 fully saturated rings. The van der Waals surface area contributed by atoms with E-state index in [1.165, 1.54) is 0 Å². The van der Waals surface area contributed by atoms with Gasteiger partial charge in [0.2, 0.25) is 0 Å². The Morgan fingerprint density at radius 1 is 1.67 bits per heavy atom. The second-order valence-corrected chi connectivity index (χ2v) is 3.92. The van der Waals surface area contributed by atoms with Crippen molar-refractivity contribution in [3.63, 3.8) is 0 Å². The van der Waals surface area contributed by atoms with Gasteiger partial charge in [-0.15, -0.1) is 0 Å². The Morgan fingerprint density at radius 2 is 2.40 bits per heavy atom. The van der Waals surface area contributed by atoms with Crippen molar-refractivity contribution in [2.45, 2.75) is 38.8 Å². The van der Waals surface area contributed by atoms with Gasteiger partial charge < -0.3 is 9.88 Å². The molecule has 1 aromatic rings. The maximum atomic E-state index is 9.06. The standard InChI is InChI=1S/C11H18N4/c1-4-5-10-14-6-7-15(10)9-11(2,8-12)13-3/h6-7,13H,4-5,9H2,1-3H3. The van der Waals surface area contributed by atoms with Crippen molar-refractivity contribution in [1.82, 2.24) is 14.9 Å². The van der Waals surface area contributed by atoms with Gasteiger partial charge in [0.05, 0.1) is 12.6 Å². The molecule has 0 aliphatic carbocycles. The van der Waals surface area contributed by atoms with Crippen molar-refractivity contribution in [3.8, 4) is 6.07 Å². The summed E-state index contributed by atoms with van der Waals surface area (Å²) < 4.78 is 2.04. The van der Waals surface area contributed by atoms with Crippen molar-refractivity contribution < 1.29 is 0 Å². The molecule has 1 rings (SSSR count). The first-order chi connectivity index (χ1) is 7.15. The topological polar surface area (TPSA) is 53.6 Å². The molecular formula is C11H18N4. The summed E-state index contributed by atoms with van der Waals surface area (Å²) in [5.41, 5.74) is -0.525. The first-order valence-electron chi connectivity index (χ1n) is 5.25. The summed E-state index contributed by atoms with van der Waals surface area (Å²) in [5, 5.41) is 12.1. The van der Waals surface area contributed by atoms with Crippen molar-refractivity contribution in [3.05, 3.63) is 18.2 Å². The first kappa shape index (κ1) is 11.7. The summed E-state index contributed by atoms with van der Waals surface area (Å²) in [6, 6.07) is 2.28. The third-order valence-electron chi connectivity index (χ3n) is 2.56. The summed E-state index contributed by atoms with van der Waals surface area (Å²) in [6.07, 6.45) is 5.74. The lowest BCUT2D eigenvalue weighted by atomic mass is 10.1. The molecule has 0 aliphatic heterocycles. The molecule has 1 atom stereocenters. The lowest BCUT2D eigenvalue weighted by Crippen LogP contribution is -2.42. The Morgan fingerprint density at radius 3 is 2.93 bits per heavy atom. The minimum Gasteiger partial charge on any atom is -0.332 e. The molecule has 15 heavy (non-hydrogen) atoms. The van der Waals surface area contributed by atoms with Crippen LogP contribution in [0.5, 0.6) is 0 Å². The molecule has 1 heterocycles. The number of aryl methyl sites for hydroxylation is 1. The van der Waals surface area contributed by atoms with Gasteiger partial charge in [0.25, 0.3) is 0 Å². The van der Waals surface area contributed by atoms with Crippen molar-refractivity contribution >= 4 is 0 Å². The lowest BCUT2D eigenvalue weighted by Gasteiger charge is -2.22. The van der Waals surface area contributed by atoms with E-state index in [2.05, 4.69) is 23.3 Å². The monoisotopic (exact) mass is 206 g/mol. The van der Waals surface area contributed by atoms with E-state index in [-0.39, 0.29) is 0 Å². The van der Waals surface area contributed by atoms with Crippen LogP contribution in [0.2, 0.25) is 0 Å². The van der Waals surface area contributed by atoms with Crippen molar-refractivity contribution in [2.75, 3.05) is 7.05 Å². The minimum absolute atomic E-state index is 0.525. The zero-order chi connectivity index (χ0) is 11.3. The third-order valence-corrected chi connectivity index (χ3v) is 2.56. The average molecular weight is 206 g/mol. The van der Waals surface area contributed by atoms with Gasteiger partial charge in [0.15, 0.2) is 0 Å². The first-order valence-corrected chi connectivity index (χ1v) is 5.25. The molecule has 4 heteroatoms. The molecule has 1 unspecified atom stereocenters. The zero-order valence-corrected chi connectivity index (χ0v) is 9.62. The Hall–Kier alpha value is -1.34. The molecular weight excluding hydrogens is 188 g/mol. The summed E-state index contributed by atoms with van der Waals surface area (Å²) in [6.45, 7) is 4.65. The Bertz CT molecular complexity index is 350. The molecule has 1 N–H and O–H groups in total. The maximum absolute atomic E-state index is 9.06. The van der Waals surface area contributed by atoms with Gasteiger partial charge in [-0.05, 0) is 20.4 Å². The van der Waals surface area contributed by atoms with E-state index < -0.39 is 5.54 Å². The third kappa shape index (κ3) is 2.80. The number of imidazole rings is 1. The predicted octanol–water partition coefficient (Wildman–Crippen LogP) is 1.34. The van der Waals surface area contributed by atoms with E-state index in [1.807, 2.05) is 17.7 Å². The molecule has 0 amide bonds. The van der Waals surface area contributed by atoms with Crippen LogP contribution in [-0.4, -0.2) is 22.1 Å². The molecule has 0 bridgehead atoms. The number of hydrogen-bond acceptors (Lipinski definition) is 3. The highest BCUT2D eigenvalue weighted by atomic mass is 15.1. The number of rotatable bonds is 5. The van der Waals surface area contributed by atoms with Gasteiger partial charge in [-0.3, -0.25) is 0 Å². The minimum atomic E-state index is -0.525. The van der Waals surface area contributed by atoms with E-state index in [1.54, 1.807) is 13.2 Å². The van der Waals surface area contributed by atoms with E-state index in [9.17, 15) is 0 Å². The van der Waals surface area contributed by atoms with Gasteiger partial charge in [-0.2, -0.15) is 5.26 Å². The van der Waals surface area contributed by atoms with Crippen LogP contribution in [0.15, 0.2) is 12.4 Å². The van der Waals surface area contributed by atoms with Crippen LogP contribution >= 0.6 is 0 Å². The Labute approximate surface area is 90.9 Å². The number of nitrogens with one attached hydrogen (secondary N) is 1. The highest BCUT2D eigenvalue weighted by molar-refractivity contribution is 5.05. The fourth-order valence-corrected chi connectivity index (χ4v) is 1.45. The van der Waals surface area contributed by atoms with E-state index in [0.29, 0.717) is 6.54 Å². The maximum Gasteiger partial charge on any atom is 0.121 e.